The Kier molecular flexibility index (Phi) is 4.67. The van der Waals surface area contributed by atoms with Crippen molar-refractivity contribution in [1.82, 2.24) is 0 Å². The Balaban J connectivity index is 2.14. The van der Waals surface area contributed by atoms with Gasteiger partial charge in [0.2, 0.25) is 0 Å². The lowest BCUT2D eigenvalue weighted by Crippen LogP contribution is -2.41. The van der Waals surface area contributed by atoms with E-state index in [1.807, 2.05) is 6.92 Å². The Morgan fingerprint density at radius 2 is 2.05 bits per heavy atom. The number of nitrogens with zero attached hydrogens (tertiary/aromatic N) is 2. The molecule has 0 spiro atoms. The molecule has 1 unspecified atom stereocenters. The molecule has 1 heterocycles. The molecule has 110 valence electrons. The van der Waals surface area contributed by atoms with Crippen molar-refractivity contribution in [3.8, 4) is 0 Å². The summed E-state index contributed by atoms with van der Waals surface area (Å²) in [5.74, 6) is 6.35. The van der Waals surface area contributed by atoms with Gasteiger partial charge in [-0.2, -0.15) is 8.42 Å². The first-order valence-electron chi connectivity index (χ1n) is 6.53. The molecule has 20 heavy (non-hydrogen) atoms. The lowest BCUT2D eigenvalue weighted by atomic mass is 10.1. The van der Waals surface area contributed by atoms with Gasteiger partial charge >= 0.3 is 0 Å². The summed E-state index contributed by atoms with van der Waals surface area (Å²) >= 11 is 5.88. The Morgan fingerprint density at radius 1 is 1.35 bits per heavy atom. The molecule has 0 radical (unpaired) electrons. The number of amidine groups is 1. The van der Waals surface area contributed by atoms with Gasteiger partial charge in [0.1, 0.15) is 10.7 Å². The highest BCUT2D eigenvalue weighted by molar-refractivity contribution is 7.90. The number of sulfonamides is 1. The number of nitrogens with two attached hydrogens (primary N) is 1. The summed E-state index contributed by atoms with van der Waals surface area (Å²) in [5, 5.41) is 1.49. The minimum absolute atomic E-state index is 0.127. The standard InChI is InChI=1S/C13H18ClN3O2S/c1-10(14)6-2-5-9-13-16-20(18,19)12-8-4-3-7-11(12)17(13)15/h3-4,7-8,10H,2,5-6,9,15H2,1H3. The topological polar surface area (TPSA) is 75.8 Å². The molecule has 0 saturated heterocycles. The molecule has 0 bridgehead atoms. The lowest BCUT2D eigenvalue weighted by Gasteiger charge is -2.26. The molecule has 2 rings (SSSR count). The number of hydrazine groups is 1. The molecule has 0 saturated carbocycles. The number of para-hydroxylation sites is 1. The molecule has 2 N–H and O–H groups in total. The minimum Gasteiger partial charge on any atom is -0.264 e. The number of alkyl halides is 1. The highest BCUT2D eigenvalue weighted by Gasteiger charge is 2.28. The van der Waals surface area contributed by atoms with E-state index in [-0.39, 0.29) is 10.3 Å². The van der Waals surface area contributed by atoms with Gasteiger partial charge in [-0.05, 0) is 31.9 Å². The van der Waals surface area contributed by atoms with E-state index >= 15 is 0 Å². The molecule has 0 fully saturated rings. The molecule has 1 aliphatic heterocycles. The molecule has 0 amide bonds. The summed E-state index contributed by atoms with van der Waals surface area (Å²) in [6.45, 7) is 1.94. The maximum Gasteiger partial charge on any atom is 0.286 e. The zero-order chi connectivity index (χ0) is 14.8. The molecule has 5 nitrogen and oxygen atoms in total. The van der Waals surface area contributed by atoms with Crippen LogP contribution >= 0.6 is 11.6 Å². The number of halogens is 1. The molecular weight excluding hydrogens is 298 g/mol. The smallest absolute Gasteiger partial charge is 0.264 e. The lowest BCUT2D eigenvalue weighted by molar-refractivity contribution is 0.596. The van der Waals surface area contributed by atoms with Crippen LogP contribution in [-0.4, -0.2) is 19.6 Å². The second-order valence-corrected chi connectivity index (χ2v) is 7.16. The summed E-state index contributed by atoms with van der Waals surface area (Å²) in [7, 11) is -3.64. The number of hydrogen-bond donors (Lipinski definition) is 1. The minimum atomic E-state index is -3.64. The van der Waals surface area contributed by atoms with Crippen LogP contribution < -0.4 is 10.9 Å². The van der Waals surface area contributed by atoms with Gasteiger partial charge < -0.3 is 0 Å². The van der Waals surface area contributed by atoms with E-state index in [0.717, 1.165) is 19.3 Å². The fraction of sp³-hybridized carbons (Fsp3) is 0.462. The zero-order valence-corrected chi connectivity index (χ0v) is 12.9. The normalized spacial score (nSPS) is 18.4. The van der Waals surface area contributed by atoms with Gasteiger partial charge in [-0.15, -0.1) is 16.0 Å². The second kappa shape index (κ2) is 6.11. The van der Waals surface area contributed by atoms with Crippen molar-refractivity contribution in [3.63, 3.8) is 0 Å². The third kappa shape index (κ3) is 3.31. The average Bonchev–Trinajstić information content (AvgIpc) is 2.40. The second-order valence-electron chi connectivity index (χ2n) is 4.85. The Bertz CT molecular complexity index is 614. The van der Waals surface area contributed by atoms with Crippen LogP contribution in [0.15, 0.2) is 33.6 Å². The van der Waals surface area contributed by atoms with Crippen LogP contribution in [-0.2, 0) is 10.0 Å². The van der Waals surface area contributed by atoms with Crippen molar-refractivity contribution >= 4 is 33.1 Å². The van der Waals surface area contributed by atoms with E-state index in [0.29, 0.717) is 17.9 Å². The number of hydrogen-bond acceptors (Lipinski definition) is 4. The van der Waals surface area contributed by atoms with Crippen LogP contribution in [0.25, 0.3) is 0 Å². The van der Waals surface area contributed by atoms with E-state index < -0.39 is 10.0 Å². The Labute approximate surface area is 124 Å². The molecule has 0 aliphatic carbocycles. The molecule has 1 aliphatic rings. The first kappa shape index (κ1) is 15.3. The summed E-state index contributed by atoms with van der Waals surface area (Å²) in [6.07, 6.45) is 3.14. The number of rotatable bonds is 5. The predicted octanol–water partition coefficient (Wildman–Crippen LogP) is 2.66. The van der Waals surface area contributed by atoms with Gasteiger partial charge in [0.25, 0.3) is 10.0 Å². The molecule has 7 heteroatoms. The van der Waals surface area contributed by atoms with Crippen molar-refractivity contribution in [2.45, 2.75) is 42.9 Å². The van der Waals surface area contributed by atoms with Crippen molar-refractivity contribution in [2.75, 3.05) is 5.01 Å². The van der Waals surface area contributed by atoms with Gasteiger partial charge in [-0.25, -0.2) is 5.84 Å². The average molecular weight is 316 g/mol. The molecule has 0 aromatic heterocycles. The van der Waals surface area contributed by atoms with Crippen molar-refractivity contribution in [1.29, 1.82) is 0 Å². The third-order valence-corrected chi connectivity index (χ3v) is 4.73. The highest BCUT2D eigenvalue weighted by atomic mass is 35.5. The van der Waals surface area contributed by atoms with E-state index in [9.17, 15) is 8.42 Å². The third-order valence-electron chi connectivity index (χ3n) is 3.16. The van der Waals surface area contributed by atoms with Crippen LogP contribution in [0.5, 0.6) is 0 Å². The predicted molar refractivity (Wildman–Crippen MR) is 81.5 cm³/mol. The van der Waals surface area contributed by atoms with Gasteiger partial charge in [0.05, 0.1) is 5.69 Å². The van der Waals surface area contributed by atoms with Crippen LogP contribution in [0.4, 0.5) is 5.69 Å². The van der Waals surface area contributed by atoms with Crippen molar-refractivity contribution in [2.24, 2.45) is 10.2 Å². The van der Waals surface area contributed by atoms with E-state index in [1.165, 1.54) is 11.1 Å². The summed E-state index contributed by atoms with van der Waals surface area (Å²) in [4.78, 5) is 0.153. The maximum absolute atomic E-state index is 12.1. The highest BCUT2D eigenvalue weighted by Crippen LogP contribution is 2.30. The first-order valence-corrected chi connectivity index (χ1v) is 8.41. The number of unbranched alkanes of at least 4 members (excludes halogenated alkanes) is 1. The SMILES string of the molecule is CC(Cl)CCCCC1=NS(=O)(=O)c2ccccc2N1N. The Morgan fingerprint density at radius 3 is 2.75 bits per heavy atom. The Hall–Kier alpha value is -1.11. The first-order chi connectivity index (χ1) is 9.42. The van der Waals surface area contributed by atoms with E-state index in [1.54, 1.807) is 18.2 Å². The maximum atomic E-state index is 12.1. The largest absolute Gasteiger partial charge is 0.286 e. The molecular formula is C13H18ClN3O2S. The van der Waals surface area contributed by atoms with Crippen molar-refractivity contribution in [3.05, 3.63) is 24.3 Å². The van der Waals surface area contributed by atoms with Crippen LogP contribution in [0.3, 0.4) is 0 Å². The fourth-order valence-electron chi connectivity index (χ4n) is 2.12. The van der Waals surface area contributed by atoms with Crippen LogP contribution in [0, 0.1) is 0 Å². The van der Waals surface area contributed by atoms with Crippen LogP contribution in [0.2, 0.25) is 0 Å². The monoisotopic (exact) mass is 315 g/mol. The van der Waals surface area contributed by atoms with E-state index in [4.69, 9.17) is 17.4 Å². The van der Waals surface area contributed by atoms with E-state index in [2.05, 4.69) is 4.40 Å². The number of fused-ring (bicyclic) bond motifs is 1. The number of anilines is 1. The summed E-state index contributed by atoms with van der Waals surface area (Å²) < 4.78 is 28.0. The molecule has 1 atom stereocenters. The summed E-state index contributed by atoms with van der Waals surface area (Å²) in [6, 6.07) is 6.61. The van der Waals surface area contributed by atoms with Crippen LogP contribution in [0.1, 0.15) is 32.6 Å². The quantitative estimate of drug-likeness (QED) is 0.515. The fourth-order valence-corrected chi connectivity index (χ4v) is 3.51. The number of benzene rings is 1. The molecule has 1 aromatic carbocycles. The van der Waals surface area contributed by atoms with Gasteiger partial charge in [-0.3, -0.25) is 5.01 Å². The molecule has 1 aromatic rings. The van der Waals surface area contributed by atoms with Crippen molar-refractivity contribution < 1.29 is 8.42 Å². The zero-order valence-electron chi connectivity index (χ0n) is 11.3. The van der Waals surface area contributed by atoms with Gasteiger partial charge in [-0.1, -0.05) is 18.6 Å². The summed E-state index contributed by atoms with van der Waals surface area (Å²) in [5.41, 5.74) is 0.475. The van der Waals surface area contributed by atoms with Gasteiger partial charge in [0.15, 0.2) is 0 Å². The van der Waals surface area contributed by atoms with Gasteiger partial charge in [0, 0.05) is 11.8 Å².